The number of hydrogen-bond acceptors (Lipinski definition) is 2. The fourth-order valence-corrected chi connectivity index (χ4v) is 2.42. The first-order valence-electron chi connectivity index (χ1n) is 8.10. The summed E-state index contributed by atoms with van der Waals surface area (Å²) in [5, 5.41) is 15.9. The summed E-state index contributed by atoms with van der Waals surface area (Å²) in [5.41, 5.74) is 0.668. The van der Waals surface area contributed by atoms with Gasteiger partial charge in [0.05, 0.1) is 6.10 Å². The van der Waals surface area contributed by atoms with Gasteiger partial charge in [-0.05, 0) is 37.5 Å². The highest BCUT2D eigenvalue weighted by atomic mass is 35.5. The Kier molecular flexibility index (Phi) is 9.67. The number of aliphatic hydroxyl groups excluding tert-OH is 1. The summed E-state index contributed by atoms with van der Waals surface area (Å²) < 4.78 is 0. The average Bonchev–Trinajstić information content (AvgIpc) is 2.48. The van der Waals surface area contributed by atoms with E-state index in [1.165, 1.54) is 19.3 Å². The van der Waals surface area contributed by atoms with Crippen LogP contribution in [0.1, 0.15) is 51.9 Å². The van der Waals surface area contributed by atoms with Gasteiger partial charge in [-0.2, -0.15) is 0 Å². The van der Waals surface area contributed by atoms with Gasteiger partial charge >= 0.3 is 6.03 Å². The Morgan fingerprint density at radius 3 is 2.73 bits per heavy atom. The molecule has 0 aromatic heterocycles. The lowest BCUT2D eigenvalue weighted by molar-refractivity contribution is 0.148. The fourth-order valence-electron chi connectivity index (χ4n) is 2.23. The number of carbonyl (C=O) groups excluding carboxylic acids is 1. The van der Waals surface area contributed by atoms with Gasteiger partial charge in [-0.15, -0.1) is 0 Å². The van der Waals surface area contributed by atoms with Crippen LogP contribution >= 0.6 is 11.6 Å². The van der Waals surface area contributed by atoms with Crippen molar-refractivity contribution in [2.75, 3.05) is 11.9 Å². The molecular formula is C17H27ClN2O2. The lowest BCUT2D eigenvalue weighted by atomic mass is 10.1. The Morgan fingerprint density at radius 2 is 2.00 bits per heavy atom. The van der Waals surface area contributed by atoms with Gasteiger partial charge in [0, 0.05) is 17.3 Å². The zero-order chi connectivity index (χ0) is 16.2. The largest absolute Gasteiger partial charge is 0.393 e. The SMILES string of the molecule is CCCCCC[C@@H](O)CCCNC(=O)Nc1cccc(Cl)c1. The number of amides is 2. The predicted molar refractivity (Wildman–Crippen MR) is 92.5 cm³/mol. The summed E-state index contributed by atoms with van der Waals surface area (Å²) in [7, 11) is 0. The van der Waals surface area contributed by atoms with Crippen LogP contribution in [-0.4, -0.2) is 23.8 Å². The highest BCUT2D eigenvalue weighted by molar-refractivity contribution is 6.30. The lowest BCUT2D eigenvalue weighted by Crippen LogP contribution is -2.30. The number of benzene rings is 1. The molecule has 1 atom stereocenters. The number of halogens is 1. The second kappa shape index (κ2) is 11.3. The maximum Gasteiger partial charge on any atom is 0.319 e. The van der Waals surface area contributed by atoms with Crippen molar-refractivity contribution in [2.45, 2.75) is 58.0 Å². The van der Waals surface area contributed by atoms with Gasteiger partial charge in [0.2, 0.25) is 0 Å². The average molecular weight is 327 g/mol. The highest BCUT2D eigenvalue weighted by Gasteiger charge is 2.05. The molecule has 0 saturated carbocycles. The maximum absolute atomic E-state index is 11.7. The molecule has 0 fully saturated rings. The molecule has 124 valence electrons. The second-order valence-electron chi connectivity index (χ2n) is 5.54. The Morgan fingerprint density at radius 1 is 1.23 bits per heavy atom. The van der Waals surface area contributed by atoms with Crippen molar-refractivity contribution >= 4 is 23.3 Å². The number of rotatable bonds is 10. The standard InChI is InChI=1S/C17H27ClN2O2/c1-2-3-4-5-10-16(21)11-7-12-19-17(22)20-15-9-6-8-14(18)13-15/h6,8-9,13,16,21H,2-5,7,10-12H2,1H3,(H2,19,20,22)/t16-/m1/s1. The Bertz CT molecular complexity index is 440. The van der Waals surface area contributed by atoms with E-state index in [9.17, 15) is 9.90 Å². The van der Waals surface area contributed by atoms with E-state index in [1.807, 2.05) is 0 Å². The third kappa shape index (κ3) is 8.90. The van der Waals surface area contributed by atoms with E-state index in [1.54, 1.807) is 24.3 Å². The number of aliphatic hydroxyl groups is 1. The van der Waals surface area contributed by atoms with Gasteiger partial charge in [0.1, 0.15) is 0 Å². The van der Waals surface area contributed by atoms with Crippen molar-refractivity contribution in [1.82, 2.24) is 5.32 Å². The van der Waals surface area contributed by atoms with Crippen molar-refractivity contribution in [3.8, 4) is 0 Å². The number of anilines is 1. The van der Waals surface area contributed by atoms with E-state index in [-0.39, 0.29) is 12.1 Å². The number of carbonyl (C=O) groups is 1. The molecule has 3 N–H and O–H groups in total. The molecule has 0 unspecified atom stereocenters. The third-order valence-corrected chi connectivity index (χ3v) is 3.71. The van der Waals surface area contributed by atoms with Crippen molar-refractivity contribution in [1.29, 1.82) is 0 Å². The van der Waals surface area contributed by atoms with E-state index in [2.05, 4.69) is 17.6 Å². The molecule has 1 aromatic rings. The molecule has 5 heteroatoms. The number of urea groups is 1. The van der Waals surface area contributed by atoms with Gasteiger partial charge in [-0.25, -0.2) is 4.79 Å². The molecule has 0 aliphatic carbocycles. The first-order chi connectivity index (χ1) is 10.6. The zero-order valence-electron chi connectivity index (χ0n) is 13.3. The van der Waals surface area contributed by atoms with E-state index in [0.29, 0.717) is 17.3 Å². The molecule has 4 nitrogen and oxygen atoms in total. The fraction of sp³-hybridized carbons (Fsp3) is 0.588. The van der Waals surface area contributed by atoms with E-state index in [4.69, 9.17) is 11.6 Å². The van der Waals surface area contributed by atoms with Crippen LogP contribution in [0.15, 0.2) is 24.3 Å². The van der Waals surface area contributed by atoms with Gasteiger partial charge in [-0.3, -0.25) is 0 Å². The van der Waals surface area contributed by atoms with E-state index in [0.717, 1.165) is 25.7 Å². The second-order valence-corrected chi connectivity index (χ2v) is 5.97. The van der Waals surface area contributed by atoms with Crippen molar-refractivity contribution in [3.05, 3.63) is 29.3 Å². The predicted octanol–water partition coefficient (Wildman–Crippen LogP) is 4.57. The normalized spacial score (nSPS) is 12.0. The minimum Gasteiger partial charge on any atom is -0.393 e. The molecule has 0 radical (unpaired) electrons. The van der Waals surface area contributed by atoms with Crippen LogP contribution in [0.5, 0.6) is 0 Å². The lowest BCUT2D eigenvalue weighted by Gasteiger charge is -2.11. The van der Waals surface area contributed by atoms with Crippen molar-refractivity contribution in [3.63, 3.8) is 0 Å². The first-order valence-corrected chi connectivity index (χ1v) is 8.48. The van der Waals surface area contributed by atoms with Crippen LogP contribution in [-0.2, 0) is 0 Å². The number of nitrogens with one attached hydrogen (secondary N) is 2. The first kappa shape index (κ1) is 18.8. The van der Waals surface area contributed by atoms with Gasteiger partial charge < -0.3 is 15.7 Å². The Balaban J connectivity index is 2.07. The van der Waals surface area contributed by atoms with Crippen LogP contribution in [0.2, 0.25) is 5.02 Å². The molecule has 22 heavy (non-hydrogen) atoms. The molecule has 0 aliphatic rings. The number of hydrogen-bond donors (Lipinski definition) is 3. The highest BCUT2D eigenvalue weighted by Crippen LogP contribution is 2.14. The Hall–Kier alpha value is -1.26. The molecule has 0 saturated heterocycles. The zero-order valence-corrected chi connectivity index (χ0v) is 14.0. The molecule has 1 aromatic carbocycles. The Labute approximate surface area is 138 Å². The maximum atomic E-state index is 11.7. The monoisotopic (exact) mass is 326 g/mol. The van der Waals surface area contributed by atoms with Gasteiger partial charge in [0.25, 0.3) is 0 Å². The summed E-state index contributed by atoms with van der Waals surface area (Å²) in [5.74, 6) is 0. The van der Waals surface area contributed by atoms with Crippen molar-refractivity contribution < 1.29 is 9.90 Å². The molecule has 0 bridgehead atoms. The topological polar surface area (TPSA) is 61.4 Å². The molecule has 2 amide bonds. The molecule has 1 rings (SSSR count). The quantitative estimate of drug-likeness (QED) is 0.551. The summed E-state index contributed by atoms with van der Waals surface area (Å²) in [6.45, 7) is 2.73. The minimum absolute atomic E-state index is 0.250. The summed E-state index contributed by atoms with van der Waals surface area (Å²) >= 11 is 5.85. The minimum atomic E-state index is -0.255. The summed E-state index contributed by atoms with van der Waals surface area (Å²) in [6, 6.07) is 6.77. The number of unbranched alkanes of at least 4 members (excludes halogenated alkanes) is 3. The summed E-state index contributed by atoms with van der Waals surface area (Å²) in [6.07, 6.45) is 6.82. The van der Waals surface area contributed by atoms with Crippen LogP contribution in [0, 0.1) is 0 Å². The molecule has 0 spiro atoms. The van der Waals surface area contributed by atoms with Gasteiger partial charge in [-0.1, -0.05) is 50.3 Å². The van der Waals surface area contributed by atoms with Crippen molar-refractivity contribution in [2.24, 2.45) is 0 Å². The van der Waals surface area contributed by atoms with E-state index < -0.39 is 0 Å². The van der Waals surface area contributed by atoms with Crippen LogP contribution < -0.4 is 10.6 Å². The summed E-state index contributed by atoms with van der Waals surface area (Å²) in [4.78, 5) is 11.7. The molecule has 0 aliphatic heterocycles. The van der Waals surface area contributed by atoms with Crippen LogP contribution in [0.4, 0.5) is 10.5 Å². The van der Waals surface area contributed by atoms with E-state index >= 15 is 0 Å². The smallest absolute Gasteiger partial charge is 0.319 e. The third-order valence-electron chi connectivity index (χ3n) is 3.47. The van der Waals surface area contributed by atoms with Gasteiger partial charge in [0.15, 0.2) is 0 Å². The molecule has 0 heterocycles. The molecular weight excluding hydrogens is 300 g/mol. The van der Waals surface area contributed by atoms with Crippen LogP contribution in [0.25, 0.3) is 0 Å². The van der Waals surface area contributed by atoms with Crippen LogP contribution in [0.3, 0.4) is 0 Å².